The Balaban J connectivity index is 1.51. The molecule has 3 aliphatic carbocycles. The van der Waals surface area contributed by atoms with Gasteiger partial charge in [0.05, 0.1) is 24.2 Å². The molecule has 1 unspecified atom stereocenters. The van der Waals surface area contributed by atoms with Gasteiger partial charge in [0.15, 0.2) is 5.60 Å². The molecule has 0 aromatic rings. The predicted molar refractivity (Wildman–Crippen MR) is 94.4 cm³/mol. The van der Waals surface area contributed by atoms with Crippen molar-refractivity contribution >= 4 is 5.97 Å². The van der Waals surface area contributed by atoms with E-state index in [0.29, 0.717) is 11.8 Å². The molecule has 1 spiro atoms. The zero-order valence-corrected chi connectivity index (χ0v) is 16.6. The number of methoxy groups -OCH3 is 1. The monoisotopic (exact) mass is 364 g/mol. The predicted octanol–water partition coefficient (Wildman–Crippen LogP) is 2.83. The van der Waals surface area contributed by atoms with Gasteiger partial charge in [0, 0.05) is 0 Å². The summed E-state index contributed by atoms with van der Waals surface area (Å²) in [5.74, 6) is 0.665. The van der Waals surface area contributed by atoms with E-state index in [1.165, 1.54) is 7.11 Å². The molecule has 1 N–H and O–H groups in total. The molecule has 2 heterocycles. The Hall–Kier alpha value is -0.650. The van der Waals surface area contributed by atoms with Crippen LogP contribution in [-0.2, 0) is 19.0 Å². The fourth-order valence-electron chi connectivity index (χ4n) is 7.85. The molecule has 0 amide bonds. The van der Waals surface area contributed by atoms with Crippen LogP contribution in [0.1, 0.15) is 66.2 Å². The van der Waals surface area contributed by atoms with E-state index >= 15 is 0 Å². The van der Waals surface area contributed by atoms with Crippen LogP contribution in [0.15, 0.2) is 0 Å². The first-order chi connectivity index (χ1) is 12.1. The van der Waals surface area contributed by atoms with Gasteiger partial charge in [0.25, 0.3) is 0 Å². The normalized spacial score (nSPS) is 57.2. The molecule has 5 heteroatoms. The highest BCUT2D eigenvalue weighted by Crippen LogP contribution is 2.76. The number of ether oxygens (including phenoxy) is 3. The third kappa shape index (κ3) is 1.72. The lowest BCUT2D eigenvalue weighted by molar-refractivity contribution is -0.175. The van der Waals surface area contributed by atoms with Gasteiger partial charge in [-0.05, 0) is 70.1 Å². The molecule has 0 aromatic heterocycles. The van der Waals surface area contributed by atoms with Crippen LogP contribution in [0.5, 0.6) is 0 Å². The van der Waals surface area contributed by atoms with Crippen LogP contribution in [0.3, 0.4) is 0 Å². The second kappa shape index (κ2) is 4.66. The average molecular weight is 364 g/mol. The highest BCUT2D eigenvalue weighted by atomic mass is 16.7. The van der Waals surface area contributed by atoms with Crippen LogP contribution in [0.2, 0.25) is 0 Å². The molecule has 3 saturated carbocycles. The van der Waals surface area contributed by atoms with Crippen molar-refractivity contribution in [2.45, 2.75) is 95.2 Å². The van der Waals surface area contributed by atoms with E-state index in [9.17, 15) is 9.90 Å². The van der Waals surface area contributed by atoms with Gasteiger partial charge in [-0.25, -0.2) is 0 Å². The summed E-state index contributed by atoms with van der Waals surface area (Å²) in [7, 11) is 1.51. The van der Waals surface area contributed by atoms with Gasteiger partial charge in [-0.15, -0.1) is 0 Å². The van der Waals surface area contributed by atoms with Crippen molar-refractivity contribution in [1.29, 1.82) is 0 Å². The van der Waals surface area contributed by atoms with Crippen LogP contribution in [-0.4, -0.2) is 47.2 Å². The van der Waals surface area contributed by atoms with Crippen LogP contribution >= 0.6 is 0 Å². The lowest BCUT2D eigenvalue weighted by Crippen LogP contribution is -2.62. The van der Waals surface area contributed by atoms with Crippen molar-refractivity contribution in [3.05, 3.63) is 0 Å². The summed E-state index contributed by atoms with van der Waals surface area (Å²) >= 11 is 0. The summed E-state index contributed by atoms with van der Waals surface area (Å²) in [6, 6.07) is 0. The number of epoxide rings is 2. The van der Waals surface area contributed by atoms with Crippen molar-refractivity contribution in [2.24, 2.45) is 22.7 Å². The Morgan fingerprint density at radius 3 is 2.54 bits per heavy atom. The zero-order valence-electron chi connectivity index (χ0n) is 16.6. The molecule has 5 nitrogen and oxygen atoms in total. The summed E-state index contributed by atoms with van der Waals surface area (Å²) in [5, 5.41) is 10.7. The molecule has 2 saturated heterocycles. The molecule has 0 radical (unpaired) electrons. The minimum Gasteiger partial charge on any atom is -0.469 e. The first-order valence-electron chi connectivity index (χ1n) is 10.2. The van der Waals surface area contributed by atoms with Gasteiger partial charge in [-0.2, -0.15) is 0 Å². The van der Waals surface area contributed by atoms with E-state index in [-0.39, 0.29) is 29.2 Å². The largest absolute Gasteiger partial charge is 0.469 e. The van der Waals surface area contributed by atoms with E-state index < -0.39 is 16.6 Å². The Labute approximate surface area is 155 Å². The maximum absolute atomic E-state index is 12.7. The van der Waals surface area contributed by atoms with Crippen LogP contribution < -0.4 is 0 Å². The first kappa shape index (κ1) is 17.4. The third-order valence-corrected chi connectivity index (χ3v) is 9.12. The van der Waals surface area contributed by atoms with E-state index in [0.717, 1.165) is 38.5 Å². The number of hydrogen-bond acceptors (Lipinski definition) is 5. The van der Waals surface area contributed by atoms with Crippen molar-refractivity contribution in [3.63, 3.8) is 0 Å². The maximum Gasteiger partial charge on any atom is 0.311 e. The summed E-state index contributed by atoms with van der Waals surface area (Å²) < 4.78 is 17.8. The molecule has 0 aromatic carbocycles. The smallest absolute Gasteiger partial charge is 0.311 e. The quantitative estimate of drug-likeness (QED) is 0.603. The molecule has 146 valence electrons. The van der Waals surface area contributed by atoms with Crippen LogP contribution in [0, 0.1) is 22.7 Å². The summed E-state index contributed by atoms with van der Waals surface area (Å²) in [6.07, 6.45) is 6.07. The highest BCUT2D eigenvalue weighted by molar-refractivity contribution is 5.77. The SMILES string of the molecule is COC(=O)[C@]1(C)CCC[C@@]2(C)[C@H]1CCC13O[C@H]1[C@@]1(C(C)(C)O)O[C@H]1C[C@@H]32. The number of carbonyl (C=O) groups excluding carboxylic acids is 1. The number of hydrogen-bond donors (Lipinski definition) is 1. The Morgan fingerprint density at radius 2 is 1.88 bits per heavy atom. The lowest BCUT2D eigenvalue weighted by Gasteiger charge is -2.59. The van der Waals surface area contributed by atoms with E-state index in [1.807, 2.05) is 13.8 Å². The highest BCUT2D eigenvalue weighted by Gasteiger charge is 2.88. The van der Waals surface area contributed by atoms with Crippen molar-refractivity contribution < 1.29 is 24.1 Å². The van der Waals surface area contributed by atoms with E-state index in [4.69, 9.17) is 14.2 Å². The molecule has 5 fully saturated rings. The summed E-state index contributed by atoms with van der Waals surface area (Å²) in [6.45, 7) is 8.19. The zero-order chi connectivity index (χ0) is 18.8. The molecule has 0 bridgehead atoms. The summed E-state index contributed by atoms with van der Waals surface area (Å²) in [4.78, 5) is 12.7. The fourth-order valence-corrected chi connectivity index (χ4v) is 7.85. The van der Waals surface area contributed by atoms with Crippen molar-refractivity contribution in [3.8, 4) is 0 Å². The van der Waals surface area contributed by atoms with Gasteiger partial charge in [0.2, 0.25) is 0 Å². The Morgan fingerprint density at radius 1 is 1.15 bits per heavy atom. The number of carbonyl (C=O) groups is 1. The summed E-state index contributed by atoms with van der Waals surface area (Å²) in [5.41, 5.74) is -1.91. The lowest BCUT2D eigenvalue weighted by atomic mass is 9.43. The fraction of sp³-hybridized carbons (Fsp3) is 0.952. The standard InChI is InChI=1S/C21H32O5/c1-17(2,23)21-14(25-21)11-13-18(3)8-6-9-19(4,16(22)24-5)12(18)7-10-20(13)15(21)26-20/h12-15,23H,6-11H2,1-5H3/t12-,13-,14+,15-,18+,19-,20?,21+/m1/s1. The second-order valence-corrected chi connectivity index (χ2v) is 10.6. The maximum atomic E-state index is 12.7. The van der Waals surface area contributed by atoms with Gasteiger partial charge < -0.3 is 19.3 Å². The minimum atomic E-state index is -0.887. The number of esters is 1. The molecule has 2 aliphatic heterocycles. The van der Waals surface area contributed by atoms with Crippen LogP contribution in [0.4, 0.5) is 0 Å². The van der Waals surface area contributed by atoms with Crippen molar-refractivity contribution in [1.82, 2.24) is 0 Å². The number of aliphatic hydroxyl groups is 1. The Kier molecular flexibility index (Phi) is 3.13. The molecular weight excluding hydrogens is 332 g/mol. The molecule has 26 heavy (non-hydrogen) atoms. The first-order valence-corrected chi connectivity index (χ1v) is 10.2. The van der Waals surface area contributed by atoms with Gasteiger partial charge >= 0.3 is 5.97 Å². The number of fused-ring (bicyclic) bond motifs is 4. The van der Waals surface area contributed by atoms with Crippen molar-refractivity contribution in [2.75, 3.05) is 7.11 Å². The third-order valence-electron chi connectivity index (χ3n) is 9.12. The molecule has 8 atom stereocenters. The van der Waals surface area contributed by atoms with E-state index in [2.05, 4.69) is 13.8 Å². The molecular formula is C21H32O5. The van der Waals surface area contributed by atoms with Gasteiger partial charge in [-0.1, -0.05) is 13.3 Å². The Bertz CT molecular complexity index is 670. The second-order valence-electron chi connectivity index (χ2n) is 10.6. The molecule has 5 rings (SSSR count). The van der Waals surface area contributed by atoms with E-state index in [1.54, 1.807) is 0 Å². The molecule has 5 aliphatic rings. The minimum absolute atomic E-state index is 0.00262. The number of rotatable bonds is 2. The topological polar surface area (TPSA) is 71.6 Å². The average Bonchev–Trinajstić information content (AvgIpc) is 3.43. The van der Waals surface area contributed by atoms with Crippen LogP contribution in [0.25, 0.3) is 0 Å². The van der Waals surface area contributed by atoms with Gasteiger partial charge in [0.1, 0.15) is 11.7 Å². The van der Waals surface area contributed by atoms with Gasteiger partial charge in [-0.3, -0.25) is 4.79 Å².